The van der Waals surface area contributed by atoms with E-state index in [-0.39, 0.29) is 6.04 Å². The fraction of sp³-hybridized carbons (Fsp3) is 0.200. The molecule has 0 fully saturated rings. The van der Waals surface area contributed by atoms with Crippen LogP contribution in [0.1, 0.15) is 22.7 Å². The van der Waals surface area contributed by atoms with Crippen LogP contribution in [0, 0.1) is 0 Å². The molecular formula is C15H14BrNS2. The third-order valence-corrected chi connectivity index (χ3v) is 6.16. The van der Waals surface area contributed by atoms with Crippen LogP contribution in [-0.4, -0.2) is 6.54 Å². The second kappa shape index (κ2) is 5.75. The topological polar surface area (TPSA) is 12.0 Å². The van der Waals surface area contributed by atoms with Crippen LogP contribution >= 0.6 is 38.6 Å². The smallest absolute Gasteiger partial charge is 0.0776 e. The van der Waals surface area contributed by atoms with Crippen LogP contribution in [0.3, 0.4) is 0 Å². The van der Waals surface area contributed by atoms with Crippen molar-refractivity contribution in [3.63, 3.8) is 0 Å². The second-order valence-electron chi connectivity index (χ2n) is 4.31. The highest BCUT2D eigenvalue weighted by molar-refractivity contribution is 9.10. The monoisotopic (exact) mass is 351 g/mol. The van der Waals surface area contributed by atoms with Crippen molar-refractivity contribution in [2.45, 2.75) is 13.0 Å². The summed E-state index contributed by atoms with van der Waals surface area (Å²) in [5, 5.41) is 7.06. The number of halogens is 1. The van der Waals surface area contributed by atoms with E-state index in [4.69, 9.17) is 0 Å². The highest BCUT2D eigenvalue weighted by Gasteiger charge is 2.19. The molecule has 3 rings (SSSR count). The average Bonchev–Trinajstić information content (AvgIpc) is 3.02. The van der Waals surface area contributed by atoms with Crippen molar-refractivity contribution in [2.24, 2.45) is 0 Å². The lowest BCUT2D eigenvalue weighted by molar-refractivity contribution is 0.647. The summed E-state index contributed by atoms with van der Waals surface area (Å²) in [5.41, 5.74) is 0. The van der Waals surface area contributed by atoms with E-state index in [0.29, 0.717) is 0 Å². The maximum Gasteiger partial charge on any atom is 0.0776 e. The normalized spacial score (nSPS) is 12.9. The lowest BCUT2D eigenvalue weighted by atomic mass is 10.1. The molecule has 0 radical (unpaired) electrons. The van der Waals surface area contributed by atoms with Crippen LogP contribution in [0.5, 0.6) is 0 Å². The fourth-order valence-corrected chi connectivity index (χ4v) is 5.10. The third kappa shape index (κ3) is 2.63. The van der Waals surface area contributed by atoms with Crippen LogP contribution in [0.2, 0.25) is 0 Å². The van der Waals surface area contributed by atoms with Crippen LogP contribution in [0.25, 0.3) is 10.1 Å². The van der Waals surface area contributed by atoms with Gasteiger partial charge in [0, 0.05) is 18.9 Å². The van der Waals surface area contributed by atoms with Crippen molar-refractivity contribution >= 4 is 48.7 Å². The maximum absolute atomic E-state index is 3.65. The molecule has 0 aliphatic heterocycles. The Labute approximate surface area is 129 Å². The summed E-state index contributed by atoms with van der Waals surface area (Å²) in [6, 6.07) is 13.3. The van der Waals surface area contributed by atoms with E-state index in [0.717, 1.165) is 6.54 Å². The summed E-state index contributed by atoms with van der Waals surface area (Å²) >= 11 is 7.33. The van der Waals surface area contributed by atoms with E-state index >= 15 is 0 Å². The summed E-state index contributed by atoms with van der Waals surface area (Å²) < 4.78 is 2.55. The lowest BCUT2D eigenvalue weighted by Crippen LogP contribution is -2.20. The molecule has 1 aromatic carbocycles. The van der Waals surface area contributed by atoms with Crippen molar-refractivity contribution in [1.82, 2.24) is 5.32 Å². The zero-order valence-corrected chi connectivity index (χ0v) is 13.7. The van der Waals surface area contributed by atoms with Crippen LogP contribution in [0.15, 0.2) is 46.3 Å². The Morgan fingerprint density at radius 2 is 2.11 bits per heavy atom. The molecule has 4 heteroatoms. The molecule has 0 amide bonds. The summed E-state index contributed by atoms with van der Waals surface area (Å²) in [5.74, 6) is 0. The van der Waals surface area contributed by atoms with Crippen molar-refractivity contribution in [2.75, 3.05) is 6.54 Å². The molecule has 1 atom stereocenters. The van der Waals surface area contributed by atoms with Crippen molar-refractivity contribution in [1.29, 1.82) is 0 Å². The SMILES string of the molecule is CCNC(c1cc2ccccc2s1)c1sccc1Br. The van der Waals surface area contributed by atoms with E-state index < -0.39 is 0 Å². The van der Waals surface area contributed by atoms with Crippen LogP contribution in [-0.2, 0) is 0 Å². The summed E-state index contributed by atoms with van der Waals surface area (Å²) in [6.07, 6.45) is 0. The van der Waals surface area contributed by atoms with Gasteiger partial charge in [-0.1, -0.05) is 25.1 Å². The summed E-state index contributed by atoms with van der Waals surface area (Å²) in [4.78, 5) is 2.74. The first-order chi connectivity index (χ1) is 9.29. The lowest BCUT2D eigenvalue weighted by Gasteiger charge is -2.15. The van der Waals surface area contributed by atoms with E-state index in [2.05, 4.69) is 69.9 Å². The molecule has 1 unspecified atom stereocenters. The maximum atomic E-state index is 3.65. The summed E-state index contributed by atoms with van der Waals surface area (Å²) in [7, 11) is 0. The molecule has 0 bridgehead atoms. The van der Waals surface area contributed by atoms with Gasteiger partial charge in [0.25, 0.3) is 0 Å². The van der Waals surface area contributed by atoms with Gasteiger partial charge in [0.1, 0.15) is 0 Å². The number of hydrogen-bond donors (Lipinski definition) is 1. The quantitative estimate of drug-likeness (QED) is 0.661. The Morgan fingerprint density at radius 3 is 2.79 bits per heavy atom. The minimum absolute atomic E-state index is 0.289. The van der Waals surface area contributed by atoms with E-state index in [1.165, 1.54) is 24.3 Å². The van der Waals surface area contributed by atoms with Gasteiger partial charge in [-0.25, -0.2) is 0 Å². The zero-order valence-electron chi connectivity index (χ0n) is 10.5. The first-order valence-corrected chi connectivity index (χ1v) is 8.73. The largest absolute Gasteiger partial charge is 0.305 e. The number of fused-ring (bicyclic) bond motifs is 1. The molecule has 0 aliphatic carbocycles. The van der Waals surface area contributed by atoms with E-state index in [1.54, 1.807) is 11.3 Å². The van der Waals surface area contributed by atoms with Gasteiger partial charge in [-0.05, 0) is 51.4 Å². The Morgan fingerprint density at radius 1 is 1.26 bits per heavy atom. The predicted octanol–water partition coefficient (Wildman–Crippen LogP) is 5.42. The fourth-order valence-electron chi connectivity index (χ4n) is 2.18. The van der Waals surface area contributed by atoms with Gasteiger partial charge in [0.15, 0.2) is 0 Å². The average molecular weight is 352 g/mol. The first kappa shape index (κ1) is 13.3. The second-order valence-corrected chi connectivity index (χ2v) is 7.23. The molecule has 1 N–H and O–H groups in total. The minimum Gasteiger partial charge on any atom is -0.305 e. The Kier molecular flexibility index (Phi) is 4.03. The molecule has 0 saturated heterocycles. The minimum atomic E-state index is 0.289. The highest BCUT2D eigenvalue weighted by Crippen LogP contribution is 2.38. The number of hydrogen-bond acceptors (Lipinski definition) is 3. The molecule has 0 aliphatic rings. The van der Waals surface area contributed by atoms with Gasteiger partial charge in [0.05, 0.1) is 6.04 Å². The van der Waals surface area contributed by atoms with Crippen LogP contribution < -0.4 is 5.32 Å². The highest BCUT2D eigenvalue weighted by atomic mass is 79.9. The number of benzene rings is 1. The Balaban J connectivity index is 2.07. The van der Waals surface area contributed by atoms with Crippen molar-refractivity contribution in [3.8, 4) is 0 Å². The molecule has 2 aromatic heterocycles. The molecule has 3 aromatic rings. The number of thiophene rings is 2. The molecule has 2 heterocycles. The third-order valence-electron chi connectivity index (χ3n) is 3.04. The Bertz CT molecular complexity index is 653. The summed E-state index contributed by atoms with van der Waals surface area (Å²) in [6.45, 7) is 3.12. The molecule has 0 saturated carbocycles. The predicted molar refractivity (Wildman–Crippen MR) is 89.4 cm³/mol. The van der Waals surface area contributed by atoms with E-state index in [1.807, 2.05) is 11.3 Å². The molecule has 0 spiro atoms. The standard InChI is InChI=1S/C15H14BrNS2/c1-2-17-14(15-11(16)7-8-18-15)13-9-10-5-3-4-6-12(10)19-13/h3-9,14,17H,2H2,1H3. The van der Waals surface area contributed by atoms with Gasteiger partial charge < -0.3 is 5.32 Å². The van der Waals surface area contributed by atoms with Gasteiger partial charge in [-0.15, -0.1) is 22.7 Å². The molecule has 19 heavy (non-hydrogen) atoms. The van der Waals surface area contributed by atoms with Crippen molar-refractivity contribution < 1.29 is 0 Å². The zero-order chi connectivity index (χ0) is 13.2. The number of nitrogens with one attached hydrogen (secondary N) is 1. The molecular weight excluding hydrogens is 338 g/mol. The van der Waals surface area contributed by atoms with E-state index in [9.17, 15) is 0 Å². The van der Waals surface area contributed by atoms with Gasteiger partial charge in [-0.2, -0.15) is 0 Å². The van der Waals surface area contributed by atoms with Gasteiger partial charge >= 0.3 is 0 Å². The first-order valence-electron chi connectivity index (χ1n) is 6.24. The molecule has 98 valence electrons. The number of rotatable bonds is 4. The Hall–Kier alpha value is -0.680. The van der Waals surface area contributed by atoms with Crippen LogP contribution in [0.4, 0.5) is 0 Å². The van der Waals surface area contributed by atoms with Gasteiger partial charge in [-0.3, -0.25) is 0 Å². The van der Waals surface area contributed by atoms with Gasteiger partial charge in [0.2, 0.25) is 0 Å². The van der Waals surface area contributed by atoms with Crippen molar-refractivity contribution in [3.05, 3.63) is 56.0 Å². The molecule has 1 nitrogen and oxygen atoms in total.